The van der Waals surface area contributed by atoms with Gasteiger partial charge >= 0.3 is 11.9 Å². The normalized spacial score (nSPS) is 16.1. The van der Waals surface area contributed by atoms with E-state index in [4.69, 9.17) is 26.8 Å². The van der Waals surface area contributed by atoms with E-state index < -0.39 is 11.9 Å². The van der Waals surface area contributed by atoms with Crippen LogP contribution in [0.4, 0.5) is 5.69 Å². The van der Waals surface area contributed by atoms with E-state index in [9.17, 15) is 9.59 Å². The third-order valence-corrected chi connectivity index (χ3v) is 7.07. The summed E-state index contributed by atoms with van der Waals surface area (Å²) in [5.41, 5.74) is 2.22. The summed E-state index contributed by atoms with van der Waals surface area (Å²) in [6, 6.07) is 8.31. The molecule has 1 aromatic heterocycles. The number of thiophene rings is 1. The highest BCUT2D eigenvalue weighted by Crippen LogP contribution is 2.46. The average Bonchev–Trinajstić information content (AvgIpc) is 2.98. The van der Waals surface area contributed by atoms with E-state index >= 15 is 0 Å². The number of carboxylic acids is 2. The second-order valence-corrected chi connectivity index (χ2v) is 9.09. The lowest BCUT2D eigenvalue weighted by molar-refractivity contribution is -0.134. The van der Waals surface area contributed by atoms with Crippen LogP contribution in [0.2, 0.25) is 4.34 Å². The van der Waals surface area contributed by atoms with Gasteiger partial charge in [-0.3, -0.25) is 0 Å². The summed E-state index contributed by atoms with van der Waals surface area (Å²) in [6.45, 7) is 4.16. The molecular weight excluding hydrogens is 446 g/mol. The maximum atomic E-state index is 9.55. The van der Waals surface area contributed by atoms with Crippen molar-refractivity contribution in [1.82, 2.24) is 9.80 Å². The quantitative estimate of drug-likeness (QED) is 0.649. The smallest absolute Gasteiger partial charge is 0.328 e. The number of carbonyl (C=O) groups is 2. The highest BCUT2D eigenvalue weighted by atomic mass is 35.5. The molecule has 0 atom stereocenters. The Labute approximate surface area is 187 Å². The van der Waals surface area contributed by atoms with Gasteiger partial charge in [-0.15, -0.1) is 11.3 Å². The van der Waals surface area contributed by atoms with Gasteiger partial charge in [0.15, 0.2) is 0 Å². The lowest BCUT2D eigenvalue weighted by atomic mass is 10.2. The van der Waals surface area contributed by atoms with Crippen LogP contribution >= 0.6 is 34.7 Å². The molecular formula is C20H20ClN3O4S2. The summed E-state index contributed by atoms with van der Waals surface area (Å²) < 4.78 is 0.860. The SMILES string of the molecule is CN1CCN(C2=Nc3ccccc3Sc3c2csc3Cl)CC1.O=C(O)C=CC(=O)O. The molecule has 1 aromatic carbocycles. The summed E-state index contributed by atoms with van der Waals surface area (Å²) in [5, 5.41) is 17.8. The molecule has 30 heavy (non-hydrogen) atoms. The van der Waals surface area contributed by atoms with Crippen LogP contribution in [-0.4, -0.2) is 71.0 Å². The number of fused-ring (bicyclic) bond motifs is 2. The van der Waals surface area contributed by atoms with E-state index in [0.717, 1.165) is 46.9 Å². The Hall–Kier alpha value is -2.33. The molecule has 7 nitrogen and oxygen atoms in total. The highest BCUT2D eigenvalue weighted by Gasteiger charge is 2.26. The molecule has 0 aliphatic carbocycles. The van der Waals surface area contributed by atoms with Gasteiger partial charge in [0.2, 0.25) is 0 Å². The van der Waals surface area contributed by atoms with Crippen LogP contribution in [-0.2, 0) is 9.59 Å². The minimum absolute atomic E-state index is 0.558. The molecule has 2 N–H and O–H groups in total. The van der Waals surface area contributed by atoms with Crippen molar-refractivity contribution in [2.24, 2.45) is 4.99 Å². The molecule has 3 heterocycles. The third kappa shape index (κ3) is 5.63. The maximum Gasteiger partial charge on any atom is 0.328 e. The molecule has 10 heteroatoms. The average molecular weight is 466 g/mol. The van der Waals surface area contributed by atoms with Crippen molar-refractivity contribution in [3.63, 3.8) is 0 Å². The lowest BCUT2D eigenvalue weighted by Crippen LogP contribution is -2.47. The molecule has 158 valence electrons. The van der Waals surface area contributed by atoms with E-state index in [-0.39, 0.29) is 0 Å². The van der Waals surface area contributed by atoms with Crippen molar-refractivity contribution < 1.29 is 19.8 Å². The van der Waals surface area contributed by atoms with Crippen LogP contribution in [0.5, 0.6) is 0 Å². The van der Waals surface area contributed by atoms with Crippen molar-refractivity contribution in [2.45, 2.75) is 9.79 Å². The Bertz CT molecular complexity index is 982. The van der Waals surface area contributed by atoms with E-state index in [1.165, 1.54) is 10.5 Å². The molecule has 1 saturated heterocycles. The van der Waals surface area contributed by atoms with E-state index in [1.54, 1.807) is 23.1 Å². The van der Waals surface area contributed by atoms with Crippen molar-refractivity contribution in [1.29, 1.82) is 0 Å². The second-order valence-electron chi connectivity index (χ2n) is 6.56. The first-order chi connectivity index (χ1) is 14.3. The molecule has 0 saturated carbocycles. The van der Waals surface area contributed by atoms with Crippen LogP contribution in [0.15, 0.2) is 56.6 Å². The number of rotatable bonds is 2. The van der Waals surface area contributed by atoms with Gasteiger partial charge in [-0.1, -0.05) is 35.5 Å². The minimum Gasteiger partial charge on any atom is -0.478 e. The number of aliphatic imine (C=N–C) groups is 1. The predicted octanol–water partition coefficient (Wildman–Crippen LogP) is 3.90. The van der Waals surface area contributed by atoms with Crippen molar-refractivity contribution in [2.75, 3.05) is 33.2 Å². The topological polar surface area (TPSA) is 93.4 Å². The fourth-order valence-electron chi connectivity index (χ4n) is 2.89. The molecule has 0 unspecified atom stereocenters. The predicted molar refractivity (Wildman–Crippen MR) is 120 cm³/mol. The van der Waals surface area contributed by atoms with Gasteiger partial charge in [0.25, 0.3) is 0 Å². The van der Waals surface area contributed by atoms with Crippen LogP contribution in [0.3, 0.4) is 0 Å². The summed E-state index contributed by atoms with van der Waals surface area (Å²) in [6.07, 6.45) is 1.12. The first-order valence-corrected chi connectivity index (χ1v) is 11.1. The zero-order valence-corrected chi connectivity index (χ0v) is 18.5. The Kier molecular flexibility index (Phi) is 7.54. The number of piperazine rings is 1. The third-order valence-electron chi connectivity index (χ3n) is 4.42. The number of para-hydroxylation sites is 1. The summed E-state index contributed by atoms with van der Waals surface area (Å²) in [4.78, 5) is 31.2. The number of likely N-dealkylation sites (N-methyl/N-ethyl adjacent to an activating group) is 1. The Morgan fingerprint density at radius 1 is 1.10 bits per heavy atom. The maximum absolute atomic E-state index is 9.55. The zero-order chi connectivity index (χ0) is 21.7. The van der Waals surface area contributed by atoms with E-state index in [2.05, 4.69) is 40.4 Å². The Morgan fingerprint density at radius 3 is 2.37 bits per heavy atom. The number of hydrogen-bond acceptors (Lipinski definition) is 7. The van der Waals surface area contributed by atoms with Gasteiger partial charge in [0.05, 0.1) is 10.6 Å². The van der Waals surface area contributed by atoms with Crippen molar-refractivity contribution in [3.05, 3.63) is 51.7 Å². The fourth-order valence-corrected chi connectivity index (χ4v) is 5.18. The van der Waals surface area contributed by atoms with E-state index in [1.807, 2.05) is 6.07 Å². The number of carboxylic acid groups (broad SMARTS) is 2. The lowest BCUT2D eigenvalue weighted by Gasteiger charge is -2.34. The largest absolute Gasteiger partial charge is 0.478 e. The first-order valence-electron chi connectivity index (χ1n) is 9.05. The highest BCUT2D eigenvalue weighted by molar-refractivity contribution is 7.99. The molecule has 0 amide bonds. The van der Waals surface area contributed by atoms with Crippen LogP contribution in [0.25, 0.3) is 0 Å². The minimum atomic E-state index is -1.26. The summed E-state index contributed by atoms with van der Waals surface area (Å²) >= 11 is 9.77. The van der Waals surface area contributed by atoms with Gasteiger partial charge in [-0.05, 0) is 19.2 Å². The number of aliphatic carboxylic acids is 2. The number of halogens is 1. The monoisotopic (exact) mass is 465 g/mol. The zero-order valence-electron chi connectivity index (χ0n) is 16.1. The van der Waals surface area contributed by atoms with E-state index in [0.29, 0.717) is 12.2 Å². The van der Waals surface area contributed by atoms with Crippen LogP contribution in [0, 0.1) is 0 Å². The van der Waals surface area contributed by atoms with Crippen LogP contribution < -0.4 is 0 Å². The molecule has 0 spiro atoms. The Morgan fingerprint density at radius 2 is 1.73 bits per heavy atom. The second kappa shape index (κ2) is 10.1. The van der Waals surface area contributed by atoms with Crippen LogP contribution in [0.1, 0.15) is 5.56 Å². The number of amidine groups is 1. The fraction of sp³-hybridized carbons (Fsp3) is 0.250. The number of nitrogens with zero attached hydrogens (tertiary/aromatic N) is 3. The van der Waals surface area contributed by atoms with Gasteiger partial charge in [-0.2, -0.15) is 0 Å². The summed E-state index contributed by atoms with van der Waals surface area (Å²) in [7, 11) is 2.17. The molecule has 2 aromatic rings. The summed E-state index contributed by atoms with van der Waals surface area (Å²) in [5.74, 6) is -1.44. The number of benzene rings is 1. The molecule has 1 fully saturated rings. The van der Waals surface area contributed by atoms with Crippen molar-refractivity contribution in [3.8, 4) is 0 Å². The number of hydrogen-bond donors (Lipinski definition) is 2. The van der Waals surface area contributed by atoms with Gasteiger partial charge in [0.1, 0.15) is 10.2 Å². The molecule has 2 aliphatic heterocycles. The van der Waals surface area contributed by atoms with Gasteiger partial charge in [0, 0.05) is 54.2 Å². The molecule has 4 rings (SSSR count). The van der Waals surface area contributed by atoms with Gasteiger partial charge in [-0.25, -0.2) is 14.6 Å². The van der Waals surface area contributed by atoms with Crippen molar-refractivity contribution >= 4 is 58.2 Å². The Balaban J connectivity index is 0.000000275. The molecule has 0 radical (unpaired) electrons. The first kappa shape index (κ1) is 22.4. The standard InChI is InChI=1S/C16H16ClN3S2.C4H4O4/c1-19-6-8-20(9-7-19)16-11-10-21-15(17)14(11)22-13-5-3-2-4-12(13)18-16;5-3(6)1-2-4(7)8/h2-5,10H,6-9H2,1H3;1-2H,(H,5,6)(H,7,8). The van der Waals surface area contributed by atoms with Gasteiger partial charge < -0.3 is 20.0 Å². The molecule has 2 aliphatic rings. The molecule has 0 bridgehead atoms.